The standard InChI is InChI=1S/C26H36N4O5/c1-8-16-9-11-17(12-10-16)21(22(32)29-25(2,3)4)30(18-13-14-18)23(33)19(15-20(27)31)28-24(34)35-26(5,6)7/h1,9-12,18-19,21H,13-15H2,2-7H3,(H2,27,31)(H,28,34)(H,29,32). The molecule has 1 aromatic carbocycles. The second-order valence-corrected chi connectivity index (χ2v) is 10.8. The molecule has 4 amide bonds. The van der Waals surface area contributed by atoms with Gasteiger partial charge in [0.1, 0.15) is 17.7 Å². The maximum Gasteiger partial charge on any atom is 0.408 e. The first-order valence-corrected chi connectivity index (χ1v) is 11.6. The number of primary amides is 1. The number of nitrogens with one attached hydrogen (secondary N) is 2. The van der Waals surface area contributed by atoms with Crippen molar-refractivity contribution in [1.82, 2.24) is 15.5 Å². The van der Waals surface area contributed by atoms with Crippen LogP contribution >= 0.6 is 0 Å². The molecule has 1 aliphatic carbocycles. The molecule has 9 nitrogen and oxygen atoms in total. The molecule has 2 atom stereocenters. The van der Waals surface area contributed by atoms with Crippen LogP contribution in [0.2, 0.25) is 0 Å². The molecule has 0 spiro atoms. The second-order valence-electron chi connectivity index (χ2n) is 10.8. The fraction of sp³-hybridized carbons (Fsp3) is 0.538. The Morgan fingerprint density at radius 2 is 1.69 bits per heavy atom. The molecule has 1 saturated carbocycles. The number of nitrogens with two attached hydrogens (primary N) is 1. The third-order valence-corrected chi connectivity index (χ3v) is 5.01. The monoisotopic (exact) mass is 484 g/mol. The minimum Gasteiger partial charge on any atom is -0.444 e. The summed E-state index contributed by atoms with van der Waals surface area (Å²) >= 11 is 0. The number of carbonyl (C=O) groups is 4. The summed E-state index contributed by atoms with van der Waals surface area (Å²) in [5.41, 5.74) is 5.20. The summed E-state index contributed by atoms with van der Waals surface area (Å²) in [6.07, 6.45) is 5.54. The number of hydrogen-bond acceptors (Lipinski definition) is 5. The van der Waals surface area contributed by atoms with E-state index in [1.54, 1.807) is 45.0 Å². The van der Waals surface area contributed by atoms with Crippen LogP contribution in [0, 0.1) is 12.3 Å². The molecule has 2 rings (SSSR count). The summed E-state index contributed by atoms with van der Waals surface area (Å²) in [5, 5.41) is 5.41. The van der Waals surface area contributed by atoms with E-state index in [1.807, 2.05) is 20.8 Å². The van der Waals surface area contributed by atoms with Crippen molar-refractivity contribution in [3.05, 3.63) is 35.4 Å². The molecule has 0 saturated heterocycles. The van der Waals surface area contributed by atoms with Crippen molar-refractivity contribution in [2.24, 2.45) is 5.73 Å². The maximum absolute atomic E-state index is 13.8. The highest BCUT2D eigenvalue weighted by Gasteiger charge is 2.44. The molecule has 0 aliphatic heterocycles. The molecule has 1 aromatic rings. The highest BCUT2D eigenvalue weighted by atomic mass is 16.6. The van der Waals surface area contributed by atoms with E-state index in [-0.39, 0.29) is 11.9 Å². The van der Waals surface area contributed by atoms with Crippen LogP contribution in [0.15, 0.2) is 24.3 Å². The number of nitrogens with zero attached hydrogens (tertiary/aromatic N) is 1. The third kappa shape index (κ3) is 8.63. The molecule has 0 radical (unpaired) electrons. The van der Waals surface area contributed by atoms with Crippen molar-refractivity contribution >= 4 is 23.8 Å². The Bertz CT molecular complexity index is 995. The van der Waals surface area contributed by atoms with E-state index < -0.39 is 47.6 Å². The zero-order chi connectivity index (χ0) is 26.6. The van der Waals surface area contributed by atoms with Gasteiger partial charge in [-0.3, -0.25) is 14.4 Å². The Labute approximate surface area is 207 Å². The Morgan fingerprint density at radius 3 is 2.11 bits per heavy atom. The van der Waals surface area contributed by atoms with Crippen molar-refractivity contribution in [2.75, 3.05) is 0 Å². The minimum absolute atomic E-state index is 0.235. The SMILES string of the molecule is C#Cc1ccc(C(C(=O)NC(C)(C)C)N(C(=O)C(CC(N)=O)NC(=O)OC(C)(C)C)C2CC2)cc1. The van der Waals surface area contributed by atoms with Gasteiger partial charge in [-0.2, -0.15) is 0 Å². The normalized spacial score (nSPS) is 15.2. The smallest absolute Gasteiger partial charge is 0.408 e. The summed E-state index contributed by atoms with van der Waals surface area (Å²) in [4.78, 5) is 53.0. The third-order valence-electron chi connectivity index (χ3n) is 5.01. The summed E-state index contributed by atoms with van der Waals surface area (Å²) in [5.74, 6) is 0.782. The molecule has 0 bridgehead atoms. The van der Waals surface area contributed by atoms with Crippen LogP contribution in [0.1, 0.15) is 78.0 Å². The Morgan fingerprint density at radius 1 is 1.11 bits per heavy atom. The lowest BCUT2D eigenvalue weighted by Crippen LogP contribution is -2.56. The van der Waals surface area contributed by atoms with Gasteiger partial charge in [-0.25, -0.2) is 4.79 Å². The summed E-state index contributed by atoms with van der Waals surface area (Å²) < 4.78 is 5.27. The summed E-state index contributed by atoms with van der Waals surface area (Å²) in [6, 6.07) is 4.27. The van der Waals surface area contributed by atoms with Gasteiger partial charge in [0.15, 0.2) is 0 Å². The Hall–Kier alpha value is -3.54. The topological polar surface area (TPSA) is 131 Å². The first-order valence-electron chi connectivity index (χ1n) is 11.6. The van der Waals surface area contributed by atoms with Crippen molar-refractivity contribution in [3.8, 4) is 12.3 Å². The fourth-order valence-electron chi connectivity index (χ4n) is 3.54. The Kier molecular flexibility index (Phi) is 8.55. The quantitative estimate of drug-likeness (QED) is 0.488. The van der Waals surface area contributed by atoms with Gasteiger partial charge in [-0.15, -0.1) is 6.42 Å². The van der Waals surface area contributed by atoms with Crippen LogP contribution in [0.25, 0.3) is 0 Å². The van der Waals surface area contributed by atoms with Crippen LogP contribution in [-0.4, -0.2) is 51.9 Å². The number of amides is 4. The van der Waals surface area contributed by atoms with Gasteiger partial charge in [0.05, 0.1) is 6.42 Å². The van der Waals surface area contributed by atoms with Crippen LogP contribution in [0.4, 0.5) is 4.79 Å². The van der Waals surface area contributed by atoms with Crippen molar-refractivity contribution < 1.29 is 23.9 Å². The number of benzene rings is 1. The average Bonchev–Trinajstić information content (AvgIpc) is 3.53. The molecular formula is C26H36N4O5. The van der Waals surface area contributed by atoms with Crippen LogP contribution < -0.4 is 16.4 Å². The number of terminal acetylenes is 1. The lowest BCUT2D eigenvalue weighted by atomic mass is 9.99. The highest BCUT2D eigenvalue weighted by molar-refractivity contribution is 5.95. The van der Waals surface area contributed by atoms with E-state index in [0.717, 1.165) is 0 Å². The molecule has 35 heavy (non-hydrogen) atoms. The number of ether oxygens (including phenoxy) is 1. The molecule has 0 heterocycles. The predicted molar refractivity (Wildman–Crippen MR) is 132 cm³/mol. The number of hydrogen-bond donors (Lipinski definition) is 3. The Balaban J connectivity index is 2.48. The first kappa shape index (κ1) is 27.7. The molecule has 4 N–H and O–H groups in total. The minimum atomic E-state index is -1.29. The highest BCUT2D eigenvalue weighted by Crippen LogP contribution is 2.36. The van der Waals surface area contributed by atoms with Crippen molar-refractivity contribution in [2.45, 2.75) is 90.1 Å². The molecular weight excluding hydrogens is 448 g/mol. The van der Waals surface area contributed by atoms with E-state index in [4.69, 9.17) is 16.9 Å². The first-order chi connectivity index (χ1) is 16.1. The van der Waals surface area contributed by atoms with E-state index in [1.165, 1.54) is 4.90 Å². The van der Waals surface area contributed by atoms with E-state index in [2.05, 4.69) is 16.6 Å². The second kappa shape index (κ2) is 10.8. The lowest BCUT2D eigenvalue weighted by Gasteiger charge is -2.36. The van der Waals surface area contributed by atoms with Crippen LogP contribution in [0.3, 0.4) is 0 Å². The van der Waals surface area contributed by atoms with Gasteiger partial charge in [0.25, 0.3) is 0 Å². The van der Waals surface area contributed by atoms with Gasteiger partial charge in [0, 0.05) is 17.1 Å². The van der Waals surface area contributed by atoms with E-state index in [0.29, 0.717) is 24.0 Å². The molecule has 2 unspecified atom stereocenters. The molecule has 1 fully saturated rings. The summed E-state index contributed by atoms with van der Waals surface area (Å²) in [6.45, 7) is 10.6. The predicted octanol–water partition coefficient (Wildman–Crippen LogP) is 2.38. The van der Waals surface area contributed by atoms with Gasteiger partial charge in [-0.05, 0) is 72.1 Å². The average molecular weight is 485 g/mol. The van der Waals surface area contributed by atoms with Crippen LogP contribution in [-0.2, 0) is 19.1 Å². The lowest BCUT2D eigenvalue weighted by molar-refractivity contribution is -0.144. The van der Waals surface area contributed by atoms with E-state index in [9.17, 15) is 19.2 Å². The largest absolute Gasteiger partial charge is 0.444 e. The van der Waals surface area contributed by atoms with E-state index >= 15 is 0 Å². The van der Waals surface area contributed by atoms with Crippen LogP contribution in [0.5, 0.6) is 0 Å². The van der Waals surface area contributed by atoms with Gasteiger partial charge in [0.2, 0.25) is 17.7 Å². The molecule has 190 valence electrons. The number of carbonyl (C=O) groups excluding carboxylic acids is 4. The van der Waals surface area contributed by atoms with Crippen molar-refractivity contribution in [1.29, 1.82) is 0 Å². The maximum atomic E-state index is 13.8. The summed E-state index contributed by atoms with van der Waals surface area (Å²) in [7, 11) is 0. The molecule has 0 aromatic heterocycles. The molecule has 9 heteroatoms. The van der Waals surface area contributed by atoms with Gasteiger partial charge >= 0.3 is 6.09 Å². The molecule has 1 aliphatic rings. The fourth-order valence-corrected chi connectivity index (χ4v) is 3.54. The number of alkyl carbamates (subject to hydrolysis) is 1. The van der Waals surface area contributed by atoms with Gasteiger partial charge in [-0.1, -0.05) is 18.1 Å². The number of rotatable bonds is 8. The van der Waals surface area contributed by atoms with Crippen molar-refractivity contribution in [3.63, 3.8) is 0 Å². The zero-order valence-electron chi connectivity index (χ0n) is 21.3. The van der Waals surface area contributed by atoms with Gasteiger partial charge < -0.3 is 26.0 Å². The zero-order valence-corrected chi connectivity index (χ0v) is 21.3.